The Morgan fingerprint density at radius 3 is 3.07 bits per heavy atom. The molecule has 0 amide bonds. The van der Waals surface area contributed by atoms with Crippen LogP contribution in [0.4, 0.5) is 0 Å². The largest absolute Gasteiger partial charge is 0.493 e. The second kappa shape index (κ2) is 4.55. The van der Waals surface area contributed by atoms with Crippen LogP contribution in [0.3, 0.4) is 0 Å². The molecular formula is C10H16N4O. The van der Waals surface area contributed by atoms with Crippen LogP contribution in [0.5, 0.6) is 5.88 Å². The van der Waals surface area contributed by atoms with Gasteiger partial charge in [0.1, 0.15) is 5.82 Å². The third-order valence-corrected chi connectivity index (χ3v) is 2.70. The van der Waals surface area contributed by atoms with Crippen molar-refractivity contribution in [1.82, 2.24) is 15.3 Å². The summed E-state index contributed by atoms with van der Waals surface area (Å²) in [7, 11) is 0. The number of nitrogens with one attached hydrogen (secondary N) is 1. The Hall–Kier alpha value is -1.20. The molecule has 4 N–H and O–H groups in total. The molecule has 1 aliphatic heterocycles. The second-order valence-electron chi connectivity index (χ2n) is 3.91. The maximum absolute atomic E-state index is 9.26. The van der Waals surface area contributed by atoms with E-state index in [1.807, 2.05) is 0 Å². The predicted octanol–water partition coefficient (Wildman–Crippen LogP) is 0.324. The number of nitrogens with two attached hydrogens (primary N) is 1. The Morgan fingerprint density at radius 1 is 1.40 bits per heavy atom. The van der Waals surface area contributed by atoms with Crippen molar-refractivity contribution in [3.8, 4) is 5.88 Å². The van der Waals surface area contributed by atoms with Gasteiger partial charge in [-0.1, -0.05) is 0 Å². The SMILES string of the molecule is NC1CCNC(c2nccc(O)n2)CC1. The summed E-state index contributed by atoms with van der Waals surface area (Å²) in [6.07, 6.45) is 4.45. The Bertz CT molecular complexity index is 331. The van der Waals surface area contributed by atoms with Crippen molar-refractivity contribution in [2.45, 2.75) is 31.3 Å². The van der Waals surface area contributed by atoms with E-state index >= 15 is 0 Å². The monoisotopic (exact) mass is 208 g/mol. The first-order valence-corrected chi connectivity index (χ1v) is 5.26. The minimum absolute atomic E-state index is 0.0235. The zero-order valence-electron chi connectivity index (χ0n) is 8.56. The smallest absolute Gasteiger partial charge is 0.214 e. The molecular weight excluding hydrogens is 192 g/mol. The van der Waals surface area contributed by atoms with Gasteiger partial charge in [0.15, 0.2) is 0 Å². The molecule has 2 rings (SSSR count). The van der Waals surface area contributed by atoms with Gasteiger partial charge in [0.2, 0.25) is 5.88 Å². The van der Waals surface area contributed by atoms with Gasteiger partial charge < -0.3 is 16.2 Å². The molecule has 1 fully saturated rings. The van der Waals surface area contributed by atoms with Crippen molar-refractivity contribution < 1.29 is 5.11 Å². The first-order chi connectivity index (χ1) is 7.25. The summed E-state index contributed by atoms with van der Waals surface area (Å²) in [5.74, 6) is 0.680. The zero-order valence-corrected chi connectivity index (χ0v) is 8.56. The third-order valence-electron chi connectivity index (χ3n) is 2.70. The predicted molar refractivity (Wildman–Crippen MR) is 56.3 cm³/mol. The van der Waals surface area contributed by atoms with Crippen LogP contribution >= 0.6 is 0 Å². The molecule has 5 nitrogen and oxygen atoms in total. The molecule has 0 bridgehead atoms. The summed E-state index contributed by atoms with van der Waals surface area (Å²) in [6.45, 7) is 0.880. The van der Waals surface area contributed by atoms with Crippen molar-refractivity contribution in [2.24, 2.45) is 5.73 Å². The van der Waals surface area contributed by atoms with Gasteiger partial charge >= 0.3 is 0 Å². The van der Waals surface area contributed by atoms with Gasteiger partial charge in [-0.25, -0.2) is 4.98 Å². The topological polar surface area (TPSA) is 84.1 Å². The van der Waals surface area contributed by atoms with E-state index in [1.165, 1.54) is 6.07 Å². The van der Waals surface area contributed by atoms with E-state index in [4.69, 9.17) is 5.73 Å². The van der Waals surface area contributed by atoms with E-state index in [0.29, 0.717) is 5.82 Å². The minimum atomic E-state index is 0.0235. The highest BCUT2D eigenvalue weighted by atomic mass is 16.3. The molecule has 1 saturated heterocycles. The Morgan fingerprint density at radius 2 is 2.27 bits per heavy atom. The normalized spacial score (nSPS) is 27.3. The molecule has 1 aromatic rings. The molecule has 0 aromatic carbocycles. The van der Waals surface area contributed by atoms with E-state index in [-0.39, 0.29) is 18.0 Å². The van der Waals surface area contributed by atoms with Crippen molar-refractivity contribution in [3.63, 3.8) is 0 Å². The average molecular weight is 208 g/mol. The quantitative estimate of drug-likeness (QED) is 0.619. The highest BCUT2D eigenvalue weighted by Gasteiger charge is 2.19. The zero-order chi connectivity index (χ0) is 10.7. The fourth-order valence-corrected chi connectivity index (χ4v) is 1.82. The second-order valence-corrected chi connectivity index (χ2v) is 3.91. The Labute approximate surface area is 88.7 Å². The lowest BCUT2D eigenvalue weighted by atomic mass is 10.1. The van der Waals surface area contributed by atoms with Crippen LogP contribution in [0.2, 0.25) is 0 Å². The highest BCUT2D eigenvalue weighted by molar-refractivity contribution is 5.08. The summed E-state index contributed by atoms with van der Waals surface area (Å²) in [4.78, 5) is 8.16. The van der Waals surface area contributed by atoms with Crippen LogP contribution in [0.15, 0.2) is 12.3 Å². The molecule has 15 heavy (non-hydrogen) atoms. The summed E-state index contributed by atoms with van der Waals surface area (Å²) in [5, 5.41) is 12.6. The Balaban J connectivity index is 2.09. The van der Waals surface area contributed by atoms with Gasteiger partial charge in [0.25, 0.3) is 0 Å². The summed E-state index contributed by atoms with van der Waals surface area (Å²) >= 11 is 0. The lowest BCUT2D eigenvalue weighted by Crippen LogP contribution is -2.23. The number of hydrogen-bond donors (Lipinski definition) is 3. The minimum Gasteiger partial charge on any atom is -0.493 e. The molecule has 0 spiro atoms. The fraction of sp³-hybridized carbons (Fsp3) is 0.600. The molecule has 2 unspecified atom stereocenters. The van der Waals surface area contributed by atoms with Gasteiger partial charge in [-0.05, 0) is 25.8 Å². The van der Waals surface area contributed by atoms with Gasteiger partial charge in [-0.2, -0.15) is 4.98 Å². The van der Waals surface area contributed by atoms with Crippen molar-refractivity contribution in [2.75, 3.05) is 6.54 Å². The Kier molecular flexibility index (Phi) is 3.13. The van der Waals surface area contributed by atoms with Crippen LogP contribution in [0.1, 0.15) is 31.1 Å². The number of hydrogen-bond acceptors (Lipinski definition) is 5. The lowest BCUT2D eigenvalue weighted by molar-refractivity contribution is 0.434. The summed E-state index contributed by atoms with van der Waals surface area (Å²) in [5.41, 5.74) is 5.87. The summed E-state index contributed by atoms with van der Waals surface area (Å²) < 4.78 is 0. The van der Waals surface area contributed by atoms with Crippen molar-refractivity contribution in [1.29, 1.82) is 0 Å². The number of rotatable bonds is 1. The first kappa shape index (κ1) is 10.3. The van der Waals surface area contributed by atoms with E-state index < -0.39 is 0 Å². The molecule has 0 saturated carbocycles. The fourth-order valence-electron chi connectivity index (χ4n) is 1.82. The van der Waals surface area contributed by atoms with E-state index in [0.717, 1.165) is 25.8 Å². The molecule has 5 heteroatoms. The van der Waals surface area contributed by atoms with E-state index in [2.05, 4.69) is 15.3 Å². The molecule has 0 radical (unpaired) electrons. The van der Waals surface area contributed by atoms with Crippen LogP contribution in [-0.2, 0) is 0 Å². The van der Waals surface area contributed by atoms with Gasteiger partial charge in [0.05, 0.1) is 6.04 Å². The van der Waals surface area contributed by atoms with E-state index in [9.17, 15) is 5.11 Å². The molecule has 0 aliphatic carbocycles. The number of aromatic nitrogens is 2. The first-order valence-electron chi connectivity index (χ1n) is 5.26. The van der Waals surface area contributed by atoms with Gasteiger partial charge in [-0.15, -0.1) is 0 Å². The number of nitrogens with zero attached hydrogens (tertiary/aromatic N) is 2. The van der Waals surface area contributed by atoms with Crippen molar-refractivity contribution >= 4 is 0 Å². The molecule has 1 aromatic heterocycles. The molecule has 2 heterocycles. The maximum atomic E-state index is 9.26. The third kappa shape index (κ3) is 2.64. The lowest BCUT2D eigenvalue weighted by Gasteiger charge is -2.13. The van der Waals surface area contributed by atoms with Crippen molar-refractivity contribution in [3.05, 3.63) is 18.1 Å². The maximum Gasteiger partial charge on any atom is 0.214 e. The van der Waals surface area contributed by atoms with Gasteiger partial charge in [-0.3, -0.25) is 0 Å². The van der Waals surface area contributed by atoms with Crippen LogP contribution < -0.4 is 11.1 Å². The molecule has 82 valence electrons. The van der Waals surface area contributed by atoms with Crippen LogP contribution in [-0.4, -0.2) is 27.7 Å². The molecule has 2 atom stereocenters. The van der Waals surface area contributed by atoms with Crippen LogP contribution in [0.25, 0.3) is 0 Å². The van der Waals surface area contributed by atoms with Crippen LogP contribution in [0, 0.1) is 0 Å². The summed E-state index contributed by atoms with van der Waals surface area (Å²) in [6, 6.07) is 1.86. The highest BCUT2D eigenvalue weighted by Crippen LogP contribution is 2.20. The number of aromatic hydroxyl groups is 1. The van der Waals surface area contributed by atoms with E-state index in [1.54, 1.807) is 6.20 Å². The molecule has 1 aliphatic rings. The van der Waals surface area contributed by atoms with Gasteiger partial charge in [0, 0.05) is 18.3 Å². The average Bonchev–Trinajstić information content (AvgIpc) is 2.43. The standard InChI is InChI=1S/C10H16N4O/c11-7-1-2-8(12-5-3-7)10-13-6-4-9(15)14-10/h4,6-8,12H,1-3,5,11H2,(H,13,14,15).